The summed E-state index contributed by atoms with van der Waals surface area (Å²) >= 11 is 0. The van der Waals surface area contributed by atoms with Gasteiger partial charge in [-0.3, -0.25) is 9.80 Å². The lowest BCUT2D eigenvalue weighted by Gasteiger charge is -2.27. The van der Waals surface area contributed by atoms with Crippen LogP contribution in [0.4, 0.5) is 0 Å². The Morgan fingerprint density at radius 3 is 1.91 bits per heavy atom. The standard InChI is InChI=1S/C31H40N4/c1-22-8-10-28-25(18-22)24-12-16-35(21-31(24)33-28)15-7-5-3-4-6-14-34-17-13-30-27(20-34)26-19-23(2)9-11-29(26)32-30/h8-11,18-19,32-33H,3-7,12-17,20-21H2,1-2H3. The zero-order chi connectivity index (χ0) is 23.8. The highest BCUT2D eigenvalue weighted by atomic mass is 15.1. The minimum atomic E-state index is 1.09. The second-order valence-corrected chi connectivity index (χ2v) is 11.1. The molecule has 6 rings (SSSR count). The van der Waals surface area contributed by atoms with Crippen LogP contribution in [0.3, 0.4) is 0 Å². The lowest BCUT2D eigenvalue weighted by Crippen LogP contribution is -2.31. The summed E-state index contributed by atoms with van der Waals surface area (Å²) in [7, 11) is 0. The molecule has 0 spiro atoms. The van der Waals surface area contributed by atoms with Gasteiger partial charge in [-0.2, -0.15) is 0 Å². The predicted molar refractivity (Wildman–Crippen MR) is 147 cm³/mol. The Bertz CT molecular complexity index is 1330. The molecule has 4 aromatic rings. The van der Waals surface area contributed by atoms with Gasteiger partial charge in [0.2, 0.25) is 0 Å². The summed E-state index contributed by atoms with van der Waals surface area (Å²) in [6, 6.07) is 13.6. The van der Waals surface area contributed by atoms with Crippen LogP contribution in [-0.2, 0) is 25.9 Å². The third kappa shape index (κ3) is 4.79. The summed E-state index contributed by atoms with van der Waals surface area (Å²) in [5.74, 6) is 0. The Kier molecular flexibility index (Phi) is 6.42. The summed E-state index contributed by atoms with van der Waals surface area (Å²) in [6.45, 7) is 11.5. The Morgan fingerprint density at radius 1 is 0.629 bits per heavy atom. The van der Waals surface area contributed by atoms with E-state index in [2.05, 4.69) is 70.0 Å². The van der Waals surface area contributed by atoms with Crippen LogP contribution in [0, 0.1) is 13.8 Å². The topological polar surface area (TPSA) is 38.1 Å². The van der Waals surface area contributed by atoms with Gasteiger partial charge in [0, 0.05) is 65.8 Å². The van der Waals surface area contributed by atoms with E-state index in [0.29, 0.717) is 0 Å². The van der Waals surface area contributed by atoms with Gasteiger partial charge in [0.1, 0.15) is 0 Å². The van der Waals surface area contributed by atoms with Crippen molar-refractivity contribution >= 4 is 21.8 Å². The number of nitrogens with one attached hydrogen (secondary N) is 2. The number of hydrogen-bond donors (Lipinski definition) is 2. The second-order valence-electron chi connectivity index (χ2n) is 11.1. The number of unbranched alkanes of at least 4 members (excludes halogenated alkanes) is 4. The molecule has 0 aliphatic carbocycles. The normalized spacial score (nSPS) is 16.7. The molecule has 4 heterocycles. The highest BCUT2D eigenvalue weighted by molar-refractivity contribution is 5.86. The minimum absolute atomic E-state index is 1.09. The van der Waals surface area contributed by atoms with E-state index in [4.69, 9.17) is 0 Å². The van der Waals surface area contributed by atoms with Crippen molar-refractivity contribution in [2.24, 2.45) is 0 Å². The molecular weight excluding hydrogens is 428 g/mol. The molecule has 0 atom stereocenters. The first kappa shape index (κ1) is 22.9. The van der Waals surface area contributed by atoms with Gasteiger partial charge in [-0.15, -0.1) is 0 Å². The Morgan fingerprint density at radius 2 is 1.20 bits per heavy atom. The quantitative estimate of drug-likeness (QED) is 0.285. The number of fused-ring (bicyclic) bond motifs is 6. The lowest BCUT2D eigenvalue weighted by molar-refractivity contribution is 0.240. The SMILES string of the molecule is Cc1ccc2[nH]c3c(c2c1)CCN(CCCCCCCN1CCc2[nH]c4ccc(C)cc4c2C1)C3. The van der Waals surface area contributed by atoms with Gasteiger partial charge < -0.3 is 9.97 Å². The molecule has 2 aromatic carbocycles. The first-order valence-corrected chi connectivity index (χ1v) is 13.8. The second kappa shape index (κ2) is 9.83. The number of hydrogen-bond acceptors (Lipinski definition) is 2. The van der Waals surface area contributed by atoms with Crippen LogP contribution in [0.5, 0.6) is 0 Å². The number of aromatic amines is 2. The molecule has 2 aromatic heterocycles. The van der Waals surface area contributed by atoms with Crippen molar-refractivity contribution in [1.82, 2.24) is 19.8 Å². The van der Waals surface area contributed by atoms with Crippen molar-refractivity contribution in [2.75, 3.05) is 26.2 Å². The molecule has 2 aliphatic heterocycles. The van der Waals surface area contributed by atoms with Gasteiger partial charge in [-0.25, -0.2) is 0 Å². The Hall–Kier alpha value is -2.56. The molecule has 0 saturated carbocycles. The van der Waals surface area contributed by atoms with Gasteiger partial charge in [-0.05, 0) is 81.6 Å². The third-order valence-corrected chi connectivity index (χ3v) is 8.37. The van der Waals surface area contributed by atoms with Crippen molar-refractivity contribution in [1.29, 1.82) is 0 Å². The molecule has 2 aliphatic rings. The van der Waals surface area contributed by atoms with Gasteiger partial charge in [0.05, 0.1) is 0 Å². The van der Waals surface area contributed by atoms with E-state index in [1.165, 1.54) is 109 Å². The maximum atomic E-state index is 3.69. The molecule has 2 N–H and O–H groups in total. The van der Waals surface area contributed by atoms with E-state index in [0.717, 1.165) is 19.5 Å². The monoisotopic (exact) mass is 468 g/mol. The number of H-pyrrole nitrogens is 2. The molecule has 35 heavy (non-hydrogen) atoms. The summed E-state index contributed by atoms with van der Waals surface area (Å²) in [5.41, 5.74) is 11.4. The van der Waals surface area contributed by atoms with Gasteiger partial charge in [0.25, 0.3) is 0 Å². The van der Waals surface area contributed by atoms with Gasteiger partial charge >= 0.3 is 0 Å². The van der Waals surface area contributed by atoms with E-state index >= 15 is 0 Å². The summed E-state index contributed by atoms with van der Waals surface area (Å²) in [5, 5.41) is 2.89. The number of rotatable bonds is 8. The molecule has 0 bridgehead atoms. The van der Waals surface area contributed by atoms with Gasteiger partial charge in [-0.1, -0.05) is 42.5 Å². The molecular formula is C31H40N4. The zero-order valence-corrected chi connectivity index (χ0v) is 21.6. The predicted octanol–water partition coefficient (Wildman–Crippen LogP) is 6.63. The fraction of sp³-hybridized carbons (Fsp3) is 0.484. The highest BCUT2D eigenvalue weighted by Gasteiger charge is 2.21. The number of aryl methyl sites for hydroxylation is 2. The van der Waals surface area contributed by atoms with Gasteiger partial charge in [0.15, 0.2) is 0 Å². The van der Waals surface area contributed by atoms with Crippen LogP contribution in [0.1, 0.15) is 65.7 Å². The summed E-state index contributed by atoms with van der Waals surface area (Å²) < 4.78 is 0. The van der Waals surface area contributed by atoms with E-state index in [1.54, 1.807) is 11.1 Å². The summed E-state index contributed by atoms with van der Waals surface area (Å²) in [6.07, 6.45) is 9.11. The van der Waals surface area contributed by atoms with Crippen molar-refractivity contribution in [2.45, 2.75) is 71.9 Å². The molecule has 0 unspecified atom stereocenters. The molecule has 184 valence electrons. The molecule has 4 nitrogen and oxygen atoms in total. The molecule has 0 radical (unpaired) electrons. The lowest BCUT2D eigenvalue weighted by atomic mass is 10.0. The van der Waals surface area contributed by atoms with Crippen LogP contribution < -0.4 is 0 Å². The van der Waals surface area contributed by atoms with E-state index in [1.807, 2.05) is 0 Å². The highest BCUT2D eigenvalue weighted by Crippen LogP contribution is 2.30. The summed E-state index contributed by atoms with van der Waals surface area (Å²) in [4.78, 5) is 12.7. The van der Waals surface area contributed by atoms with Crippen LogP contribution in [-0.4, -0.2) is 45.9 Å². The Balaban J connectivity index is 0.908. The third-order valence-electron chi connectivity index (χ3n) is 8.37. The maximum Gasteiger partial charge on any atom is 0.0459 e. The fourth-order valence-corrected chi connectivity index (χ4v) is 6.38. The van der Waals surface area contributed by atoms with E-state index in [-0.39, 0.29) is 0 Å². The van der Waals surface area contributed by atoms with Crippen molar-refractivity contribution in [3.63, 3.8) is 0 Å². The smallest absolute Gasteiger partial charge is 0.0459 e. The first-order valence-electron chi connectivity index (χ1n) is 13.8. The van der Waals surface area contributed by atoms with Crippen molar-refractivity contribution in [3.05, 3.63) is 70.0 Å². The van der Waals surface area contributed by atoms with Crippen molar-refractivity contribution in [3.8, 4) is 0 Å². The van der Waals surface area contributed by atoms with Crippen LogP contribution in [0.2, 0.25) is 0 Å². The zero-order valence-electron chi connectivity index (χ0n) is 21.6. The largest absolute Gasteiger partial charge is 0.358 e. The van der Waals surface area contributed by atoms with Crippen molar-refractivity contribution < 1.29 is 0 Å². The maximum absolute atomic E-state index is 3.69. The number of nitrogens with zero attached hydrogens (tertiary/aromatic N) is 2. The fourth-order valence-electron chi connectivity index (χ4n) is 6.38. The average Bonchev–Trinajstić information content (AvgIpc) is 3.40. The number of benzene rings is 2. The number of aromatic nitrogens is 2. The van der Waals surface area contributed by atoms with Crippen LogP contribution in [0.15, 0.2) is 36.4 Å². The first-order chi connectivity index (χ1) is 17.1. The molecule has 0 saturated heterocycles. The average molecular weight is 469 g/mol. The molecule has 0 fully saturated rings. The van der Waals surface area contributed by atoms with Crippen LogP contribution in [0.25, 0.3) is 21.8 Å². The van der Waals surface area contributed by atoms with E-state index in [9.17, 15) is 0 Å². The van der Waals surface area contributed by atoms with E-state index < -0.39 is 0 Å². The Labute approximate surface area is 209 Å². The molecule has 4 heteroatoms. The minimum Gasteiger partial charge on any atom is -0.358 e. The molecule has 0 amide bonds. The van der Waals surface area contributed by atoms with Crippen LogP contribution >= 0.6 is 0 Å².